The number of fused-ring (bicyclic) bond motifs is 3. The number of oxime groups is 1. The van der Waals surface area contributed by atoms with Gasteiger partial charge in [-0.05, 0) is 19.8 Å². The van der Waals surface area contributed by atoms with E-state index in [4.69, 9.17) is 33.3 Å². The van der Waals surface area contributed by atoms with Crippen LogP contribution in [0.2, 0.25) is 0 Å². The molecule has 0 aromatic carbocycles. The molecule has 18 heteroatoms. The molecule has 4 aliphatic rings. The van der Waals surface area contributed by atoms with Crippen LogP contribution in [0.5, 0.6) is 0 Å². The number of ether oxygens (including phenoxy) is 6. The molecule has 2 saturated carbocycles. The Morgan fingerprint density at radius 2 is 1.45 bits per heavy atom. The number of esters is 5. The number of carbonyl (C=O) groups is 7. The Hall–Kier alpha value is -4.16. The molecular weight excluding hydrogens is 656 g/mol. The van der Waals surface area contributed by atoms with Crippen LogP contribution in [0.25, 0.3) is 0 Å². The second-order valence-electron chi connectivity index (χ2n) is 12.3. The summed E-state index contributed by atoms with van der Waals surface area (Å²) >= 11 is 0. The molecule has 2 heterocycles. The van der Waals surface area contributed by atoms with Gasteiger partial charge < -0.3 is 43.5 Å². The number of rotatable bonds is 11. The van der Waals surface area contributed by atoms with Crippen LogP contribution in [0, 0.1) is 23.7 Å². The summed E-state index contributed by atoms with van der Waals surface area (Å²) in [6.45, 7) is 5.44. The van der Waals surface area contributed by atoms with Gasteiger partial charge in [-0.15, -0.1) is 0 Å². The summed E-state index contributed by atoms with van der Waals surface area (Å²) in [7, 11) is 0. The minimum Gasteiger partial charge on any atom is -0.466 e. The summed E-state index contributed by atoms with van der Waals surface area (Å²) in [5, 5.41) is 26.2. The van der Waals surface area contributed by atoms with Crippen LogP contribution in [-0.2, 0) is 66.8 Å². The summed E-state index contributed by atoms with van der Waals surface area (Å²) < 4.78 is 32.0. The van der Waals surface area contributed by atoms with E-state index < -0.39 is 115 Å². The van der Waals surface area contributed by atoms with Gasteiger partial charge in [0.15, 0.2) is 12.2 Å². The molecule has 0 spiro atoms. The number of amides is 2. The van der Waals surface area contributed by atoms with E-state index in [-0.39, 0.29) is 44.5 Å². The Balaban J connectivity index is 1.63. The summed E-state index contributed by atoms with van der Waals surface area (Å²) in [5.74, 6) is -8.20. The maximum Gasteiger partial charge on any atom is 0.307 e. The van der Waals surface area contributed by atoms with Crippen molar-refractivity contribution in [3.05, 3.63) is 0 Å². The van der Waals surface area contributed by atoms with Crippen molar-refractivity contribution in [3.63, 3.8) is 0 Å². The third-order valence-electron chi connectivity index (χ3n) is 8.94. The molecule has 2 aliphatic carbocycles. The fraction of sp³-hybridized carbons (Fsp3) is 0.742. The average molecular weight is 699 g/mol. The Labute approximate surface area is 281 Å². The normalized spacial score (nSPS) is 34.7. The number of aliphatic hydroxyl groups is 2. The van der Waals surface area contributed by atoms with Crippen LogP contribution < -0.4 is 0 Å². The fourth-order valence-corrected chi connectivity index (χ4v) is 7.09. The largest absolute Gasteiger partial charge is 0.466 e. The van der Waals surface area contributed by atoms with Crippen molar-refractivity contribution in [2.75, 3.05) is 19.8 Å². The molecule has 0 aromatic rings. The Morgan fingerprint density at radius 1 is 0.837 bits per heavy atom. The highest BCUT2D eigenvalue weighted by Gasteiger charge is 2.60. The first-order valence-electron chi connectivity index (χ1n) is 16.0. The molecular formula is C31H42N2O16. The van der Waals surface area contributed by atoms with Crippen molar-refractivity contribution in [2.45, 2.75) is 103 Å². The second kappa shape index (κ2) is 16.0. The van der Waals surface area contributed by atoms with Crippen LogP contribution in [0.1, 0.15) is 60.3 Å². The molecule has 2 aliphatic heterocycles. The highest BCUT2D eigenvalue weighted by atomic mass is 16.8. The summed E-state index contributed by atoms with van der Waals surface area (Å²) in [5.41, 5.74) is 0.208. The van der Waals surface area contributed by atoms with Crippen molar-refractivity contribution in [3.8, 4) is 0 Å². The van der Waals surface area contributed by atoms with E-state index in [9.17, 15) is 43.8 Å². The van der Waals surface area contributed by atoms with E-state index in [0.717, 1.165) is 32.6 Å². The van der Waals surface area contributed by atoms with Gasteiger partial charge >= 0.3 is 29.8 Å². The number of nitrogens with zero attached hydrogens (tertiary/aromatic N) is 2. The zero-order valence-corrected chi connectivity index (χ0v) is 27.8. The third-order valence-corrected chi connectivity index (χ3v) is 8.94. The topological polar surface area (TPSA) is 240 Å². The van der Waals surface area contributed by atoms with Crippen molar-refractivity contribution in [2.24, 2.45) is 28.8 Å². The van der Waals surface area contributed by atoms with Gasteiger partial charge in [-0.25, -0.2) is 0 Å². The predicted molar refractivity (Wildman–Crippen MR) is 158 cm³/mol. The molecule has 2 unspecified atom stereocenters. The van der Waals surface area contributed by atoms with Crippen LogP contribution in [0.3, 0.4) is 0 Å². The molecule has 0 bridgehead atoms. The molecule has 0 aromatic heterocycles. The highest BCUT2D eigenvalue weighted by molar-refractivity contribution is 6.06. The molecule has 49 heavy (non-hydrogen) atoms. The SMILES string of the molecule is CCOC(=O)CCN1C(=O)[C@H]2[C@H]3[C@H](O)[C@H](O)C/C(=N\O[C@@H]4O[C@H](COC(C)=O)C(OC(C)=O)[C@H](OC(C)=O)C4OC(C)=O)[C@@H]3CC[C@H]2C1=O. The van der Waals surface area contributed by atoms with Gasteiger partial charge in [-0.2, -0.15) is 0 Å². The average Bonchev–Trinajstić information content (AvgIpc) is 3.26. The van der Waals surface area contributed by atoms with Gasteiger partial charge in [0.25, 0.3) is 6.29 Å². The lowest BCUT2D eigenvalue weighted by atomic mass is 9.60. The second-order valence-corrected chi connectivity index (χ2v) is 12.3. The van der Waals surface area contributed by atoms with Gasteiger partial charge in [-0.1, -0.05) is 5.16 Å². The van der Waals surface area contributed by atoms with E-state index >= 15 is 0 Å². The maximum atomic E-state index is 13.6. The zero-order valence-electron chi connectivity index (χ0n) is 27.8. The van der Waals surface area contributed by atoms with E-state index in [1.54, 1.807) is 6.92 Å². The fourth-order valence-electron chi connectivity index (χ4n) is 7.09. The number of likely N-dealkylation sites (tertiary alicyclic amines) is 1. The molecule has 4 fully saturated rings. The number of imide groups is 1. The summed E-state index contributed by atoms with van der Waals surface area (Å²) in [4.78, 5) is 93.4. The predicted octanol–water partition coefficient (Wildman–Crippen LogP) is -0.852. The Kier molecular flexibility index (Phi) is 12.3. The van der Waals surface area contributed by atoms with Gasteiger partial charge in [0.2, 0.25) is 17.9 Å². The van der Waals surface area contributed by atoms with Crippen LogP contribution in [-0.4, -0.2) is 125 Å². The van der Waals surface area contributed by atoms with Crippen molar-refractivity contribution >= 4 is 47.4 Å². The van der Waals surface area contributed by atoms with Crippen LogP contribution >= 0.6 is 0 Å². The zero-order chi connectivity index (χ0) is 36.2. The standard InChI is InChI=1S/C31H42N2O16/c1-6-43-22(39)9-10-33-29(41)18-8-7-17-19(11-20(38)25(40)23(17)24(18)30(33)42)32-49-31-28(47-16(5)37)27(46-15(4)36)26(45-14(3)35)21(48-31)12-44-13(2)34/h17-18,20-21,23-28,31,38,40H,6-12H2,1-5H3/b32-19+/t17-,18+,20+,21+,23-,24+,25+,26?,27-,28?,31-/m0/s1. The van der Waals surface area contributed by atoms with Gasteiger partial charge in [-0.3, -0.25) is 38.5 Å². The number of carbonyl (C=O) groups excluding carboxylic acids is 7. The summed E-state index contributed by atoms with van der Waals surface area (Å²) in [6.07, 6.45) is -10.1. The molecule has 18 nitrogen and oxygen atoms in total. The Bertz CT molecular complexity index is 1350. The smallest absolute Gasteiger partial charge is 0.307 e. The van der Waals surface area contributed by atoms with Gasteiger partial charge in [0.1, 0.15) is 12.7 Å². The molecule has 4 rings (SSSR count). The van der Waals surface area contributed by atoms with Crippen LogP contribution in [0.4, 0.5) is 0 Å². The molecule has 2 N–H and O–H groups in total. The third kappa shape index (κ3) is 8.53. The van der Waals surface area contributed by atoms with E-state index in [0.29, 0.717) is 0 Å². The van der Waals surface area contributed by atoms with E-state index in [1.165, 1.54) is 0 Å². The van der Waals surface area contributed by atoms with Gasteiger partial charge in [0, 0.05) is 52.5 Å². The number of aliphatic hydroxyl groups excluding tert-OH is 2. The minimum absolute atomic E-state index is 0.140. The van der Waals surface area contributed by atoms with Gasteiger partial charge in [0.05, 0.1) is 42.8 Å². The molecule has 11 atom stereocenters. The maximum absolute atomic E-state index is 13.6. The minimum atomic E-state index is -1.64. The van der Waals surface area contributed by atoms with E-state index in [1.807, 2.05) is 0 Å². The van der Waals surface area contributed by atoms with Crippen molar-refractivity contribution in [1.82, 2.24) is 4.90 Å². The molecule has 2 saturated heterocycles. The lowest BCUT2D eigenvalue weighted by Crippen LogP contribution is -2.62. The summed E-state index contributed by atoms with van der Waals surface area (Å²) in [6, 6.07) is 0. The first-order valence-corrected chi connectivity index (χ1v) is 16.0. The molecule has 2 amide bonds. The monoisotopic (exact) mass is 698 g/mol. The number of hydrogen-bond acceptors (Lipinski definition) is 17. The van der Waals surface area contributed by atoms with Crippen LogP contribution in [0.15, 0.2) is 5.16 Å². The quantitative estimate of drug-likeness (QED) is 0.116. The number of hydrogen-bond donors (Lipinski definition) is 2. The van der Waals surface area contributed by atoms with E-state index in [2.05, 4.69) is 5.16 Å². The first-order chi connectivity index (χ1) is 23.1. The lowest BCUT2D eigenvalue weighted by molar-refractivity contribution is -0.308. The molecule has 0 radical (unpaired) electrons. The molecule has 272 valence electrons. The first kappa shape index (κ1) is 37.7. The lowest BCUT2D eigenvalue weighted by Gasteiger charge is -2.46. The Morgan fingerprint density at radius 3 is 2.06 bits per heavy atom. The van der Waals surface area contributed by atoms with Crippen molar-refractivity contribution < 1.29 is 77.0 Å². The highest BCUT2D eigenvalue weighted by Crippen LogP contribution is 2.49. The van der Waals surface area contributed by atoms with Crippen molar-refractivity contribution in [1.29, 1.82) is 0 Å².